The summed E-state index contributed by atoms with van der Waals surface area (Å²) in [5, 5.41) is 2.80. The van der Waals surface area contributed by atoms with Gasteiger partial charge in [-0.2, -0.15) is 0 Å². The molecule has 0 aromatic heterocycles. The smallest absolute Gasteiger partial charge is 0.245 e. The Bertz CT molecular complexity index is 589. The second kappa shape index (κ2) is 5.75. The zero-order valence-electron chi connectivity index (χ0n) is 11.4. The molecule has 1 saturated carbocycles. The standard InChI is InChI=1S/C15H16BrFN2O2/c16-11-4-3-10(12(17)7-11)8-19-6-5-13(20)18-14(15(19)21)9-1-2-9/h3-4,7,9,14H,1-2,5-6,8H2,(H,18,20). The Morgan fingerprint density at radius 2 is 2.10 bits per heavy atom. The van der Waals surface area contributed by atoms with E-state index < -0.39 is 6.04 Å². The Morgan fingerprint density at radius 3 is 2.76 bits per heavy atom. The fourth-order valence-corrected chi connectivity index (χ4v) is 2.95. The largest absolute Gasteiger partial charge is 0.344 e. The molecule has 1 aromatic rings. The van der Waals surface area contributed by atoms with Gasteiger partial charge in [0.15, 0.2) is 0 Å². The zero-order valence-corrected chi connectivity index (χ0v) is 13.0. The molecule has 0 spiro atoms. The molecule has 1 aliphatic carbocycles. The van der Waals surface area contributed by atoms with Gasteiger partial charge in [-0.05, 0) is 30.9 Å². The molecule has 2 fully saturated rings. The van der Waals surface area contributed by atoms with E-state index in [4.69, 9.17) is 0 Å². The maximum absolute atomic E-state index is 13.9. The SMILES string of the molecule is O=C1CCN(Cc2ccc(Br)cc2F)C(=O)C(C2CC2)N1. The number of carbonyl (C=O) groups is 2. The quantitative estimate of drug-likeness (QED) is 0.904. The number of benzene rings is 1. The number of hydrogen-bond acceptors (Lipinski definition) is 2. The summed E-state index contributed by atoms with van der Waals surface area (Å²) in [7, 11) is 0. The Hall–Kier alpha value is -1.43. The zero-order chi connectivity index (χ0) is 15.0. The van der Waals surface area contributed by atoms with Gasteiger partial charge < -0.3 is 10.2 Å². The summed E-state index contributed by atoms with van der Waals surface area (Å²) < 4.78 is 14.6. The van der Waals surface area contributed by atoms with Gasteiger partial charge in [0.05, 0.1) is 0 Å². The molecule has 1 atom stereocenters. The van der Waals surface area contributed by atoms with Crippen LogP contribution < -0.4 is 5.32 Å². The first kappa shape index (κ1) is 14.5. The van der Waals surface area contributed by atoms with E-state index >= 15 is 0 Å². The van der Waals surface area contributed by atoms with E-state index in [1.165, 1.54) is 6.07 Å². The van der Waals surface area contributed by atoms with Crippen molar-refractivity contribution >= 4 is 27.7 Å². The molecule has 0 bridgehead atoms. The van der Waals surface area contributed by atoms with Crippen LogP contribution in [0.4, 0.5) is 4.39 Å². The van der Waals surface area contributed by atoms with Crippen molar-refractivity contribution < 1.29 is 14.0 Å². The van der Waals surface area contributed by atoms with Crippen LogP contribution in [0, 0.1) is 11.7 Å². The third-order valence-corrected chi connectivity index (χ3v) is 4.47. The molecule has 21 heavy (non-hydrogen) atoms. The third-order valence-electron chi connectivity index (χ3n) is 3.97. The van der Waals surface area contributed by atoms with Crippen LogP contribution in [0.3, 0.4) is 0 Å². The second-order valence-corrected chi connectivity index (χ2v) is 6.54. The molecule has 6 heteroatoms. The van der Waals surface area contributed by atoms with Gasteiger partial charge in [0.1, 0.15) is 11.9 Å². The van der Waals surface area contributed by atoms with Crippen LogP contribution in [0.25, 0.3) is 0 Å². The Kier molecular flexibility index (Phi) is 3.97. The predicted octanol–water partition coefficient (Wildman–Crippen LogP) is 2.22. The van der Waals surface area contributed by atoms with E-state index in [-0.39, 0.29) is 36.5 Å². The van der Waals surface area contributed by atoms with E-state index in [0.29, 0.717) is 16.6 Å². The monoisotopic (exact) mass is 354 g/mol. The Morgan fingerprint density at radius 1 is 1.33 bits per heavy atom. The number of halogens is 2. The highest BCUT2D eigenvalue weighted by Gasteiger charge is 2.40. The van der Waals surface area contributed by atoms with Crippen LogP contribution in [-0.4, -0.2) is 29.3 Å². The average molecular weight is 355 g/mol. The van der Waals surface area contributed by atoms with Gasteiger partial charge in [0.2, 0.25) is 11.8 Å². The fraction of sp³-hybridized carbons (Fsp3) is 0.467. The van der Waals surface area contributed by atoms with E-state index in [0.717, 1.165) is 12.8 Å². The molecule has 3 rings (SSSR count). The summed E-state index contributed by atoms with van der Waals surface area (Å²) in [4.78, 5) is 25.8. The van der Waals surface area contributed by atoms with Crippen molar-refractivity contribution in [1.29, 1.82) is 0 Å². The predicted molar refractivity (Wildman–Crippen MR) is 78.8 cm³/mol. The minimum atomic E-state index is -0.432. The average Bonchev–Trinajstić information content (AvgIpc) is 3.26. The van der Waals surface area contributed by atoms with Gasteiger partial charge in [-0.1, -0.05) is 22.0 Å². The normalized spacial score (nSPS) is 23.0. The summed E-state index contributed by atoms with van der Waals surface area (Å²) in [6.07, 6.45) is 2.21. The minimum absolute atomic E-state index is 0.0920. The van der Waals surface area contributed by atoms with Crippen molar-refractivity contribution in [2.24, 2.45) is 5.92 Å². The lowest BCUT2D eigenvalue weighted by atomic mass is 10.1. The van der Waals surface area contributed by atoms with E-state index in [9.17, 15) is 14.0 Å². The highest BCUT2D eigenvalue weighted by Crippen LogP contribution is 2.34. The van der Waals surface area contributed by atoms with Crippen LogP contribution >= 0.6 is 15.9 Å². The lowest BCUT2D eigenvalue weighted by Gasteiger charge is -2.24. The molecule has 1 N–H and O–H groups in total. The van der Waals surface area contributed by atoms with Gasteiger partial charge in [-0.3, -0.25) is 9.59 Å². The number of carbonyl (C=O) groups excluding carboxylic acids is 2. The summed E-state index contributed by atoms with van der Waals surface area (Å²) in [5.74, 6) is -0.287. The number of nitrogens with one attached hydrogen (secondary N) is 1. The molecule has 0 radical (unpaired) electrons. The van der Waals surface area contributed by atoms with E-state index in [2.05, 4.69) is 21.2 Å². The van der Waals surface area contributed by atoms with Crippen LogP contribution in [0.5, 0.6) is 0 Å². The van der Waals surface area contributed by atoms with E-state index in [1.807, 2.05) is 0 Å². The molecule has 1 aromatic carbocycles. The van der Waals surface area contributed by atoms with Gasteiger partial charge >= 0.3 is 0 Å². The van der Waals surface area contributed by atoms with Gasteiger partial charge in [0.25, 0.3) is 0 Å². The molecule has 2 amide bonds. The molecule has 1 heterocycles. The van der Waals surface area contributed by atoms with Crippen molar-refractivity contribution in [3.63, 3.8) is 0 Å². The topological polar surface area (TPSA) is 49.4 Å². The first-order valence-corrected chi connectivity index (χ1v) is 7.86. The van der Waals surface area contributed by atoms with Crippen molar-refractivity contribution in [3.8, 4) is 0 Å². The number of hydrogen-bond donors (Lipinski definition) is 1. The molecule has 1 saturated heterocycles. The molecule has 112 valence electrons. The highest BCUT2D eigenvalue weighted by molar-refractivity contribution is 9.10. The summed E-state index contributed by atoms with van der Waals surface area (Å²) in [6.45, 7) is 0.541. The second-order valence-electron chi connectivity index (χ2n) is 5.63. The lowest BCUT2D eigenvalue weighted by Crippen LogP contribution is -2.45. The summed E-state index contributed by atoms with van der Waals surface area (Å²) in [6, 6.07) is 4.37. The third kappa shape index (κ3) is 3.26. The van der Waals surface area contributed by atoms with Crippen molar-refractivity contribution in [2.75, 3.05) is 6.54 Å². The molecule has 1 unspecified atom stereocenters. The first-order chi connectivity index (χ1) is 10.0. The van der Waals surface area contributed by atoms with Gasteiger partial charge in [-0.25, -0.2) is 4.39 Å². The number of amides is 2. The van der Waals surface area contributed by atoms with E-state index in [1.54, 1.807) is 17.0 Å². The molecule has 4 nitrogen and oxygen atoms in total. The Labute approximate surface area is 130 Å². The van der Waals surface area contributed by atoms with Gasteiger partial charge in [0, 0.05) is 29.5 Å². The maximum atomic E-state index is 13.9. The van der Waals surface area contributed by atoms with Crippen molar-refractivity contribution in [3.05, 3.63) is 34.1 Å². The number of rotatable bonds is 3. The number of nitrogens with zero attached hydrogens (tertiary/aromatic N) is 1. The molecule has 2 aliphatic rings. The summed E-state index contributed by atoms with van der Waals surface area (Å²) in [5.41, 5.74) is 0.468. The molecule has 1 aliphatic heterocycles. The Balaban J connectivity index is 1.79. The lowest BCUT2D eigenvalue weighted by molar-refractivity contribution is -0.134. The first-order valence-electron chi connectivity index (χ1n) is 7.06. The minimum Gasteiger partial charge on any atom is -0.344 e. The van der Waals surface area contributed by atoms with Crippen LogP contribution in [-0.2, 0) is 16.1 Å². The molecular formula is C15H16BrFN2O2. The van der Waals surface area contributed by atoms with Crippen molar-refractivity contribution in [2.45, 2.75) is 31.8 Å². The van der Waals surface area contributed by atoms with Crippen molar-refractivity contribution in [1.82, 2.24) is 10.2 Å². The maximum Gasteiger partial charge on any atom is 0.245 e. The fourth-order valence-electron chi connectivity index (χ4n) is 2.61. The van der Waals surface area contributed by atoms with Crippen LogP contribution in [0.1, 0.15) is 24.8 Å². The molecular weight excluding hydrogens is 339 g/mol. The highest BCUT2D eigenvalue weighted by atomic mass is 79.9. The van der Waals surface area contributed by atoms with Crippen LogP contribution in [0.2, 0.25) is 0 Å². The van der Waals surface area contributed by atoms with Gasteiger partial charge in [-0.15, -0.1) is 0 Å². The van der Waals surface area contributed by atoms with Crippen LogP contribution in [0.15, 0.2) is 22.7 Å². The summed E-state index contributed by atoms with van der Waals surface area (Å²) >= 11 is 3.22.